The molecule has 142 valence electrons. The molecular formula is C19H18BrF3N4. The summed E-state index contributed by atoms with van der Waals surface area (Å²) < 4.78 is 42.7. The highest BCUT2D eigenvalue weighted by atomic mass is 79.9. The van der Waals surface area contributed by atoms with Gasteiger partial charge >= 0.3 is 6.18 Å². The third kappa shape index (κ3) is 3.25. The van der Waals surface area contributed by atoms with Crippen molar-refractivity contribution < 1.29 is 13.2 Å². The highest BCUT2D eigenvalue weighted by Gasteiger charge is 2.39. The smallest absolute Gasteiger partial charge is 0.306 e. The average Bonchev–Trinajstić information content (AvgIpc) is 2.99. The number of alkyl halides is 3. The molecule has 27 heavy (non-hydrogen) atoms. The van der Waals surface area contributed by atoms with Crippen molar-refractivity contribution in [1.29, 1.82) is 0 Å². The summed E-state index contributed by atoms with van der Waals surface area (Å²) in [6.07, 6.45) is -1.69. The molecule has 4 nitrogen and oxygen atoms in total. The molecule has 1 atom stereocenters. The van der Waals surface area contributed by atoms with Crippen LogP contribution in [0.3, 0.4) is 0 Å². The number of fused-ring (bicyclic) bond motifs is 1. The number of piperidine rings is 1. The molecule has 1 aliphatic heterocycles. The lowest BCUT2D eigenvalue weighted by Gasteiger charge is -2.33. The number of halogens is 4. The van der Waals surface area contributed by atoms with Crippen molar-refractivity contribution in [1.82, 2.24) is 19.9 Å². The van der Waals surface area contributed by atoms with Gasteiger partial charge in [-0.25, -0.2) is 9.50 Å². The van der Waals surface area contributed by atoms with Crippen LogP contribution in [-0.2, 0) is 11.7 Å². The van der Waals surface area contributed by atoms with Crippen LogP contribution in [0.15, 0.2) is 40.9 Å². The fraction of sp³-hybridized carbons (Fsp3) is 0.368. The van der Waals surface area contributed by atoms with Gasteiger partial charge in [-0.2, -0.15) is 18.3 Å². The van der Waals surface area contributed by atoms with Gasteiger partial charge in [0.05, 0.1) is 21.4 Å². The summed E-state index contributed by atoms with van der Waals surface area (Å²) >= 11 is 3.48. The lowest BCUT2D eigenvalue weighted by Crippen LogP contribution is -2.43. The van der Waals surface area contributed by atoms with E-state index in [4.69, 9.17) is 0 Å². The molecule has 0 amide bonds. The predicted molar refractivity (Wildman–Crippen MR) is 100 cm³/mol. The van der Waals surface area contributed by atoms with Crippen molar-refractivity contribution in [2.24, 2.45) is 0 Å². The monoisotopic (exact) mass is 438 g/mol. The maximum Gasteiger partial charge on any atom is 0.433 e. The second-order valence-electron chi connectivity index (χ2n) is 7.00. The number of nitrogens with zero attached hydrogens (tertiary/aromatic N) is 3. The molecule has 0 radical (unpaired) electrons. The van der Waals surface area contributed by atoms with Gasteiger partial charge in [-0.15, -0.1) is 0 Å². The summed E-state index contributed by atoms with van der Waals surface area (Å²) in [5.74, 6) is 0. The van der Waals surface area contributed by atoms with Gasteiger partial charge in [0.1, 0.15) is 0 Å². The molecule has 4 rings (SSSR count). The molecule has 1 N–H and O–H groups in total. The van der Waals surface area contributed by atoms with Crippen LogP contribution in [0.2, 0.25) is 0 Å². The topological polar surface area (TPSA) is 42.2 Å². The van der Waals surface area contributed by atoms with Crippen molar-refractivity contribution in [3.8, 4) is 11.3 Å². The fourth-order valence-electron chi connectivity index (χ4n) is 3.56. The van der Waals surface area contributed by atoms with Crippen LogP contribution in [0, 0.1) is 0 Å². The first-order valence-electron chi connectivity index (χ1n) is 8.77. The van der Waals surface area contributed by atoms with Crippen molar-refractivity contribution in [2.45, 2.75) is 37.9 Å². The van der Waals surface area contributed by atoms with E-state index in [1.165, 1.54) is 0 Å². The zero-order valence-electron chi connectivity index (χ0n) is 14.6. The van der Waals surface area contributed by atoms with E-state index >= 15 is 0 Å². The van der Waals surface area contributed by atoms with E-state index in [2.05, 4.69) is 31.3 Å². The van der Waals surface area contributed by atoms with Crippen LogP contribution in [0.5, 0.6) is 0 Å². The van der Waals surface area contributed by atoms with E-state index in [-0.39, 0.29) is 11.3 Å². The maximum absolute atomic E-state index is 13.8. The Morgan fingerprint density at radius 3 is 2.56 bits per heavy atom. The molecule has 1 fully saturated rings. The summed E-state index contributed by atoms with van der Waals surface area (Å²) in [5.41, 5.74) is 0.308. The quantitative estimate of drug-likeness (QED) is 0.600. The van der Waals surface area contributed by atoms with Crippen LogP contribution in [0.25, 0.3) is 16.9 Å². The van der Waals surface area contributed by atoms with Gasteiger partial charge in [-0.05, 0) is 54.7 Å². The van der Waals surface area contributed by atoms with Gasteiger partial charge < -0.3 is 5.32 Å². The summed E-state index contributed by atoms with van der Waals surface area (Å²) in [6, 6.07) is 9.91. The number of hydrogen-bond donors (Lipinski definition) is 1. The first-order valence-corrected chi connectivity index (χ1v) is 9.56. The molecule has 3 heterocycles. The van der Waals surface area contributed by atoms with Crippen LogP contribution in [-0.4, -0.2) is 21.1 Å². The molecule has 0 saturated carbocycles. The summed E-state index contributed by atoms with van der Waals surface area (Å²) in [4.78, 5) is 4.49. The van der Waals surface area contributed by atoms with Crippen LogP contribution >= 0.6 is 15.9 Å². The van der Waals surface area contributed by atoms with Crippen LogP contribution in [0.4, 0.5) is 13.2 Å². The lowest BCUT2D eigenvalue weighted by molar-refractivity contribution is -0.142. The van der Waals surface area contributed by atoms with Crippen LogP contribution < -0.4 is 5.32 Å². The second kappa shape index (κ2) is 6.60. The van der Waals surface area contributed by atoms with E-state index in [9.17, 15) is 13.2 Å². The average molecular weight is 439 g/mol. The second-order valence-corrected chi connectivity index (χ2v) is 7.80. The predicted octanol–water partition coefficient (Wildman–Crippen LogP) is 5.17. The van der Waals surface area contributed by atoms with E-state index in [0.717, 1.165) is 36.4 Å². The molecular weight excluding hydrogens is 421 g/mol. The molecule has 2 aromatic heterocycles. The molecule has 1 saturated heterocycles. The van der Waals surface area contributed by atoms with Gasteiger partial charge in [0, 0.05) is 5.56 Å². The minimum atomic E-state index is -4.55. The van der Waals surface area contributed by atoms with Crippen molar-refractivity contribution in [2.75, 3.05) is 6.54 Å². The zero-order valence-corrected chi connectivity index (χ0v) is 16.2. The SMILES string of the molecule is CC1(c2nn3c(C(F)(F)F)cc(-c4ccccc4)nc3c2Br)CCCCN1. The number of aromatic nitrogens is 3. The Balaban J connectivity index is 1.97. The molecule has 1 aromatic carbocycles. The number of benzene rings is 1. The Morgan fingerprint density at radius 1 is 1.19 bits per heavy atom. The van der Waals surface area contributed by atoms with Gasteiger partial charge in [0.15, 0.2) is 11.3 Å². The fourth-order valence-corrected chi connectivity index (χ4v) is 4.33. The number of rotatable bonds is 2. The number of hydrogen-bond acceptors (Lipinski definition) is 3. The van der Waals surface area contributed by atoms with Gasteiger partial charge in [-0.1, -0.05) is 30.3 Å². The van der Waals surface area contributed by atoms with Crippen molar-refractivity contribution >= 4 is 21.6 Å². The van der Waals surface area contributed by atoms with E-state index in [1.54, 1.807) is 24.3 Å². The molecule has 0 spiro atoms. The van der Waals surface area contributed by atoms with E-state index in [0.29, 0.717) is 15.7 Å². The van der Waals surface area contributed by atoms with Gasteiger partial charge in [0.25, 0.3) is 0 Å². The molecule has 0 aliphatic carbocycles. The normalized spacial score (nSPS) is 20.9. The molecule has 8 heteroatoms. The molecule has 1 aliphatic rings. The lowest BCUT2D eigenvalue weighted by atomic mass is 9.88. The van der Waals surface area contributed by atoms with E-state index < -0.39 is 17.4 Å². The highest BCUT2D eigenvalue weighted by molar-refractivity contribution is 9.10. The summed E-state index contributed by atoms with van der Waals surface area (Å²) in [5, 5.41) is 7.74. The Kier molecular flexibility index (Phi) is 4.50. The number of nitrogens with one attached hydrogen (secondary N) is 1. The largest absolute Gasteiger partial charge is 0.433 e. The van der Waals surface area contributed by atoms with Crippen LogP contribution in [0.1, 0.15) is 37.6 Å². The standard InChI is InChI=1S/C19H18BrF3N4/c1-18(9-5-6-10-24-18)16-15(20)17-25-13(12-7-3-2-4-8-12)11-14(19(21,22)23)27(17)26-16/h2-4,7-8,11,24H,5-6,9-10H2,1H3. The minimum absolute atomic E-state index is 0.173. The Morgan fingerprint density at radius 2 is 1.93 bits per heavy atom. The van der Waals surface area contributed by atoms with E-state index in [1.807, 2.05) is 13.0 Å². The summed E-state index contributed by atoms with van der Waals surface area (Å²) in [7, 11) is 0. The molecule has 3 aromatic rings. The van der Waals surface area contributed by atoms with Crippen molar-refractivity contribution in [3.05, 3.63) is 52.3 Å². The Labute approximate surface area is 162 Å². The highest BCUT2D eigenvalue weighted by Crippen LogP contribution is 2.39. The Hall–Kier alpha value is -1.93. The third-order valence-corrected chi connectivity index (χ3v) is 5.76. The van der Waals surface area contributed by atoms with Crippen molar-refractivity contribution in [3.63, 3.8) is 0 Å². The summed E-state index contributed by atoms with van der Waals surface area (Å²) in [6.45, 7) is 2.79. The van der Waals surface area contributed by atoms with Gasteiger partial charge in [0.2, 0.25) is 0 Å². The zero-order chi connectivity index (χ0) is 19.2. The first kappa shape index (κ1) is 18.4. The molecule has 1 unspecified atom stereocenters. The maximum atomic E-state index is 13.8. The minimum Gasteiger partial charge on any atom is -0.306 e. The first-order chi connectivity index (χ1) is 12.8. The third-order valence-electron chi connectivity index (χ3n) is 5.03. The Bertz CT molecular complexity index is 976. The van der Waals surface area contributed by atoms with Gasteiger partial charge in [-0.3, -0.25) is 0 Å². The molecule has 0 bridgehead atoms.